The molecule has 6 heteroatoms. The molecule has 3 N–H and O–H groups in total. The van der Waals surface area contributed by atoms with Crippen LogP contribution in [0.4, 0.5) is 0 Å². The van der Waals surface area contributed by atoms with Gasteiger partial charge in [-0.2, -0.15) is 0 Å². The second-order valence-corrected chi connectivity index (χ2v) is 4.57. The SMILES string of the molecule is CCNCC(=O)NC1CCN(CC(=O)NC)CC1. The number of hydrogen-bond acceptors (Lipinski definition) is 4. The van der Waals surface area contributed by atoms with Crippen LogP contribution in [0.3, 0.4) is 0 Å². The van der Waals surface area contributed by atoms with Crippen LogP contribution in [0.1, 0.15) is 19.8 Å². The average molecular weight is 256 g/mol. The third-order valence-corrected chi connectivity index (χ3v) is 3.13. The van der Waals surface area contributed by atoms with Crippen molar-refractivity contribution in [3.63, 3.8) is 0 Å². The zero-order valence-electron chi connectivity index (χ0n) is 11.3. The maximum atomic E-state index is 11.5. The molecule has 6 nitrogen and oxygen atoms in total. The van der Waals surface area contributed by atoms with Crippen molar-refractivity contribution in [2.24, 2.45) is 0 Å². The molecule has 1 aliphatic heterocycles. The molecular weight excluding hydrogens is 232 g/mol. The van der Waals surface area contributed by atoms with Gasteiger partial charge in [-0.3, -0.25) is 14.5 Å². The molecule has 0 saturated carbocycles. The van der Waals surface area contributed by atoms with Gasteiger partial charge in [0.15, 0.2) is 0 Å². The molecule has 0 aromatic heterocycles. The zero-order chi connectivity index (χ0) is 13.4. The Morgan fingerprint density at radius 3 is 2.44 bits per heavy atom. The molecule has 1 rings (SSSR count). The van der Waals surface area contributed by atoms with Gasteiger partial charge < -0.3 is 16.0 Å². The predicted molar refractivity (Wildman–Crippen MR) is 70.2 cm³/mol. The second kappa shape index (κ2) is 8.05. The number of carbonyl (C=O) groups excluding carboxylic acids is 2. The first-order chi connectivity index (χ1) is 8.65. The normalized spacial score (nSPS) is 17.4. The van der Waals surface area contributed by atoms with Gasteiger partial charge in [-0.1, -0.05) is 6.92 Å². The second-order valence-electron chi connectivity index (χ2n) is 4.57. The number of nitrogens with zero attached hydrogens (tertiary/aromatic N) is 1. The molecule has 1 saturated heterocycles. The highest BCUT2D eigenvalue weighted by Gasteiger charge is 2.21. The molecule has 2 amide bonds. The van der Waals surface area contributed by atoms with Crippen LogP contribution in [0.25, 0.3) is 0 Å². The topological polar surface area (TPSA) is 73.5 Å². The lowest BCUT2D eigenvalue weighted by atomic mass is 10.1. The van der Waals surface area contributed by atoms with E-state index in [4.69, 9.17) is 0 Å². The van der Waals surface area contributed by atoms with Crippen molar-refractivity contribution in [2.45, 2.75) is 25.8 Å². The van der Waals surface area contributed by atoms with Crippen molar-refractivity contribution in [2.75, 3.05) is 39.8 Å². The van der Waals surface area contributed by atoms with E-state index in [0.29, 0.717) is 13.1 Å². The van der Waals surface area contributed by atoms with Crippen LogP contribution in [-0.2, 0) is 9.59 Å². The molecule has 18 heavy (non-hydrogen) atoms. The summed E-state index contributed by atoms with van der Waals surface area (Å²) in [7, 11) is 1.65. The quantitative estimate of drug-likeness (QED) is 0.565. The largest absolute Gasteiger partial charge is 0.358 e. The van der Waals surface area contributed by atoms with Crippen LogP contribution in [0.5, 0.6) is 0 Å². The molecule has 104 valence electrons. The Balaban J connectivity index is 2.18. The van der Waals surface area contributed by atoms with E-state index in [9.17, 15) is 9.59 Å². The molecule has 0 radical (unpaired) electrons. The van der Waals surface area contributed by atoms with Gasteiger partial charge in [0.2, 0.25) is 11.8 Å². The van der Waals surface area contributed by atoms with Crippen molar-refractivity contribution in [1.29, 1.82) is 0 Å². The molecule has 0 unspecified atom stereocenters. The number of hydrogen-bond donors (Lipinski definition) is 3. The summed E-state index contributed by atoms with van der Waals surface area (Å²) < 4.78 is 0. The van der Waals surface area contributed by atoms with Crippen LogP contribution in [0, 0.1) is 0 Å². The van der Waals surface area contributed by atoms with Crippen molar-refractivity contribution in [3.05, 3.63) is 0 Å². The maximum Gasteiger partial charge on any atom is 0.234 e. The van der Waals surface area contributed by atoms with Crippen molar-refractivity contribution >= 4 is 11.8 Å². The fourth-order valence-corrected chi connectivity index (χ4v) is 2.03. The van der Waals surface area contributed by atoms with E-state index in [1.54, 1.807) is 7.05 Å². The number of likely N-dealkylation sites (tertiary alicyclic amines) is 1. The molecule has 0 spiro atoms. The monoisotopic (exact) mass is 256 g/mol. The first-order valence-corrected chi connectivity index (χ1v) is 6.58. The molecule has 0 aromatic rings. The highest BCUT2D eigenvalue weighted by Crippen LogP contribution is 2.09. The Morgan fingerprint density at radius 1 is 1.22 bits per heavy atom. The summed E-state index contributed by atoms with van der Waals surface area (Å²) in [5.41, 5.74) is 0. The molecule has 1 heterocycles. The lowest BCUT2D eigenvalue weighted by Crippen LogP contribution is -2.48. The smallest absolute Gasteiger partial charge is 0.234 e. The Kier molecular flexibility index (Phi) is 6.67. The number of amides is 2. The first-order valence-electron chi connectivity index (χ1n) is 6.58. The molecule has 0 aliphatic carbocycles. The van der Waals surface area contributed by atoms with E-state index >= 15 is 0 Å². The minimum absolute atomic E-state index is 0.0460. The maximum absolute atomic E-state index is 11.5. The van der Waals surface area contributed by atoms with E-state index in [2.05, 4.69) is 20.9 Å². The van der Waals surface area contributed by atoms with Crippen LogP contribution in [-0.4, -0.2) is 62.5 Å². The van der Waals surface area contributed by atoms with Gasteiger partial charge in [0.05, 0.1) is 13.1 Å². The Hall–Kier alpha value is -1.14. The number of piperidine rings is 1. The highest BCUT2D eigenvalue weighted by molar-refractivity contribution is 5.78. The molecule has 0 aromatic carbocycles. The summed E-state index contributed by atoms with van der Waals surface area (Å²) in [5, 5.41) is 8.64. The number of rotatable bonds is 6. The van der Waals surface area contributed by atoms with E-state index in [1.807, 2.05) is 6.92 Å². The Bertz CT molecular complexity index is 275. The van der Waals surface area contributed by atoms with Crippen molar-refractivity contribution in [1.82, 2.24) is 20.9 Å². The molecular formula is C12H24N4O2. The van der Waals surface area contributed by atoms with E-state index < -0.39 is 0 Å². The van der Waals surface area contributed by atoms with Crippen molar-refractivity contribution in [3.8, 4) is 0 Å². The van der Waals surface area contributed by atoms with Crippen LogP contribution >= 0.6 is 0 Å². The summed E-state index contributed by atoms with van der Waals surface area (Å²) in [6, 6.07) is 0.247. The fraction of sp³-hybridized carbons (Fsp3) is 0.833. The van der Waals surface area contributed by atoms with Gasteiger partial charge in [-0.15, -0.1) is 0 Å². The average Bonchev–Trinajstić information content (AvgIpc) is 2.38. The fourth-order valence-electron chi connectivity index (χ4n) is 2.03. The summed E-state index contributed by atoms with van der Waals surface area (Å²) in [6.45, 7) is 5.34. The predicted octanol–water partition coefficient (Wildman–Crippen LogP) is -1.08. The molecule has 1 fully saturated rings. The lowest BCUT2D eigenvalue weighted by Gasteiger charge is -2.31. The van der Waals surface area contributed by atoms with E-state index in [-0.39, 0.29) is 17.9 Å². The van der Waals surface area contributed by atoms with Crippen LogP contribution < -0.4 is 16.0 Å². The van der Waals surface area contributed by atoms with Crippen molar-refractivity contribution < 1.29 is 9.59 Å². The summed E-state index contributed by atoms with van der Waals surface area (Å²) in [4.78, 5) is 24.9. The summed E-state index contributed by atoms with van der Waals surface area (Å²) in [6.07, 6.45) is 1.82. The highest BCUT2D eigenvalue weighted by atomic mass is 16.2. The van der Waals surface area contributed by atoms with Gasteiger partial charge in [0, 0.05) is 26.2 Å². The number of likely N-dealkylation sites (N-methyl/N-ethyl adjacent to an activating group) is 2. The van der Waals surface area contributed by atoms with E-state index in [0.717, 1.165) is 32.5 Å². The number of nitrogens with one attached hydrogen (secondary N) is 3. The van der Waals surface area contributed by atoms with Crippen LogP contribution in [0.15, 0.2) is 0 Å². The molecule has 0 bridgehead atoms. The third kappa shape index (κ3) is 5.46. The Labute approximate surface area is 108 Å². The third-order valence-electron chi connectivity index (χ3n) is 3.13. The van der Waals surface area contributed by atoms with Crippen LogP contribution in [0.2, 0.25) is 0 Å². The Morgan fingerprint density at radius 2 is 1.89 bits per heavy atom. The van der Waals surface area contributed by atoms with E-state index in [1.165, 1.54) is 0 Å². The molecule has 1 aliphatic rings. The van der Waals surface area contributed by atoms with Gasteiger partial charge in [0.25, 0.3) is 0 Å². The summed E-state index contributed by atoms with van der Waals surface area (Å²) in [5.74, 6) is 0.103. The summed E-state index contributed by atoms with van der Waals surface area (Å²) >= 11 is 0. The van der Waals surface area contributed by atoms with Gasteiger partial charge in [-0.25, -0.2) is 0 Å². The van der Waals surface area contributed by atoms with Gasteiger partial charge >= 0.3 is 0 Å². The lowest BCUT2D eigenvalue weighted by molar-refractivity contribution is -0.123. The molecule has 0 atom stereocenters. The van der Waals surface area contributed by atoms with Gasteiger partial charge in [0.1, 0.15) is 0 Å². The minimum atomic E-state index is 0.0460. The standard InChI is InChI=1S/C12H24N4O2/c1-3-14-8-11(17)15-10-4-6-16(7-5-10)9-12(18)13-2/h10,14H,3-9H2,1-2H3,(H,13,18)(H,15,17). The zero-order valence-corrected chi connectivity index (χ0v) is 11.3. The first kappa shape index (κ1) is 14.9. The number of carbonyl (C=O) groups is 2. The minimum Gasteiger partial charge on any atom is -0.358 e. The van der Waals surface area contributed by atoms with Gasteiger partial charge in [-0.05, 0) is 19.4 Å².